The van der Waals surface area contributed by atoms with Crippen molar-refractivity contribution >= 4 is 23.6 Å². The second-order valence-corrected chi connectivity index (χ2v) is 5.96. The van der Waals surface area contributed by atoms with Crippen LogP contribution >= 0.6 is 0 Å². The van der Waals surface area contributed by atoms with E-state index < -0.39 is 23.7 Å². The Morgan fingerprint density at radius 2 is 1.88 bits per heavy atom. The largest absolute Gasteiger partial charge is 0.450 e. The third-order valence-electron chi connectivity index (χ3n) is 4.50. The number of rotatable bonds is 3. The van der Waals surface area contributed by atoms with E-state index in [2.05, 4.69) is 0 Å². The number of amides is 3. The van der Waals surface area contributed by atoms with E-state index >= 15 is 0 Å². The summed E-state index contributed by atoms with van der Waals surface area (Å²) in [5, 5.41) is 0. The van der Waals surface area contributed by atoms with Gasteiger partial charge in [-0.05, 0) is 19.1 Å². The number of benzene rings is 1. The van der Waals surface area contributed by atoms with Gasteiger partial charge in [-0.25, -0.2) is 14.1 Å². The molecule has 3 rings (SSSR count). The number of imide groups is 1. The minimum Gasteiger partial charge on any atom is -0.450 e. The normalized spacial score (nSPS) is 21.8. The van der Waals surface area contributed by atoms with Crippen LogP contribution in [-0.2, 0) is 14.3 Å². The van der Waals surface area contributed by atoms with Gasteiger partial charge in [0.25, 0.3) is 5.91 Å². The van der Waals surface area contributed by atoms with Crippen molar-refractivity contribution in [3.05, 3.63) is 30.1 Å². The monoisotopic (exact) mass is 349 g/mol. The molecule has 1 aromatic rings. The Bertz CT molecular complexity index is 688. The van der Waals surface area contributed by atoms with Gasteiger partial charge in [0.1, 0.15) is 5.82 Å². The van der Waals surface area contributed by atoms with Crippen molar-refractivity contribution in [2.75, 3.05) is 37.7 Å². The lowest BCUT2D eigenvalue weighted by atomic mass is 10.2. The van der Waals surface area contributed by atoms with Crippen LogP contribution in [-0.4, -0.2) is 66.5 Å². The Kier molecular flexibility index (Phi) is 4.98. The quantitative estimate of drug-likeness (QED) is 0.768. The van der Waals surface area contributed by atoms with Gasteiger partial charge in [-0.15, -0.1) is 0 Å². The molecule has 1 aromatic carbocycles. The Morgan fingerprint density at radius 3 is 2.52 bits per heavy atom. The molecule has 7 nitrogen and oxygen atoms in total. The molecule has 2 saturated heterocycles. The highest BCUT2D eigenvalue weighted by Crippen LogP contribution is 2.28. The Morgan fingerprint density at radius 1 is 1.20 bits per heavy atom. The summed E-state index contributed by atoms with van der Waals surface area (Å²) in [5.74, 6) is -1.43. The molecule has 2 aliphatic rings. The number of piperazine rings is 1. The maximum absolute atomic E-state index is 14.0. The second kappa shape index (κ2) is 7.18. The molecule has 1 atom stereocenters. The van der Waals surface area contributed by atoms with Crippen molar-refractivity contribution < 1.29 is 23.5 Å². The van der Waals surface area contributed by atoms with Crippen molar-refractivity contribution in [1.82, 2.24) is 9.80 Å². The van der Waals surface area contributed by atoms with E-state index in [9.17, 15) is 18.8 Å². The van der Waals surface area contributed by atoms with Gasteiger partial charge in [-0.2, -0.15) is 0 Å². The van der Waals surface area contributed by atoms with E-state index in [0.717, 1.165) is 4.90 Å². The van der Waals surface area contributed by atoms with Gasteiger partial charge in [0.2, 0.25) is 5.91 Å². The molecule has 2 fully saturated rings. The van der Waals surface area contributed by atoms with E-state index in [-0.39, 0.29) is 18.2 Å². The fourth-order valence-electron chi connectivity index (χ4n) is 3.22. The fourth-order valence-corrected chi connectivity index (χ4v) is 3.22. The number of carbonyl (C=O) groups excluding carboxylic acids is 3. The summed E-state index contributed by atoms with van der Waals surface area (Å²) in [6.07, 6.45) is -0.351. The number of hydrogen-bond donors (Lipinski definition) is 0. The second-order valence-electron chi connectivity index (χ2n) is 5.96. The zero-order chi connectivity index (χ0) is 18.0. The zero-order valence-corrected chi connectivity index (χ0v) is 14.0. The average molecular weight is 349 g/mol. The zero-order valence-electron chi connectivity index (χ0n) is 14.0. The predicted octanol–water partition coefficient (Wildman–Crippen LogP) is 1.23. The highest BCUT2D eigenvalue weighted by Gasteiger charge is 2.44. The van der Waals surface area contributed by atoms with Crippen LogP contribution in [0.4, 0.5) is 14.9 Å². The van der Waals surface area contributed by atoms with Gasteiger partial charge in [0.15, 0.2) is 0 Å². The molecule has 0 radical (unpaired) electrons. The van der Waals surface area contributed by atoms with Crippen LogP contribution in [0.3, 0.4) is 0 Å². The van der Waals surface area contributed by atoms with Crippen LogP contribution in [0.1, 0.15) is 13.3 Å². The van der Waals surface area contributed by atoms with Gasteiger partial charge < -0.3 is 9.64 Å². The lowest BCUT2D eigenvalue weighted by Gasteiger charge is -2.36. The average Bonchev–Trinajstić information content (AvgIpc) is 2.90. The first kappa shape index (κ1) is 17.3. The van der Waals surface area contributed by atoms with Crippen LogP contribution in [0.2, 0.25) is 0 Å². The molecule has 0 unspecified atom stereocenters. The number of nitrogens with zero attached hydrogens (tertiary/aromatic N) is 3. The third-order valence-corrected chi connectivity index (χ3v) is 4.50. The number of anilines is 1. The summed E-state index contributed by atoms with van der Waals surface area (Å²) in [6, 6.07) is 5.13. The van der Waals surface area contributed by atoms with Crippen molar-refractivity contribution in [2.45, 2.75) is 19.4 Å². The number of halogens is 1. The highest BCUT2D eigenvalue weighted by molar-refractivity contribution is 6.22. The summed E-state index contributed by atoms with van der Waals surface area (Å²) in [4.78, 5) is 41.1. The van der Waals surface area contributed by atoms with E-state index in [1.807, 2.05) is 4.90 Å². The predicted molar refractivity (Wildman–Crippen MR) is 87.5 cm³/mol. The lowest BCUT2D eigenvalue weighted by molar-refractivity contribution is -0.123. The number of hydrogen-bond acceptors (Lipinski definition) is 5. The SMILES string of the molecule is CCOC(=O)N1CCN([C@H]2CC(=O)N(c3ccccc3F)C2=O)CC1. The molecule has 0 bridgehead atoms. The fraction of sp³-hybridized carbons (Fsp3) is 0.471. The number of para-hydroxylation sites is 1. The van der Waals surface area contributed by atoms with E-state index in [4.69, 9.17) is 4.74 Å². The Hall–Kier alpha value is -2.48. The van der Waals surface area contributed by atoms with Crippen LogP contribution in [0.5, 0.6) is 0 Å². The molecule has 2 heterocycles. The topological polar surface area (TPSA) is 70.2 Å². The van der Waals surface area contributed by atoms with Crippen molar-refractivity contribution in [2.24, 2.45) is 0 Å². The Labute approximate surface area is 144 Å². The van der Waals surface area contributed by atoms with E-state index in [1.54, 1.807) is 17.9 Å². The first-order valence-corrected chi connectivity index (χ1v) is 8.30. The molecule has 0 spiro atoms. The maximum Gasteiger partial charge on any atom is 0.409 e. The smallest absolute Gasteiger partial charge is 0.409 e. The van der Waals surface area contributed by atoms with Gasteiger partial charge in [-0.3, -0.25) is 14.5 Å². The number of ether oxygens (including phenoxy) is 1. The van der Waals surface area contributed by atoms with Crippen molar-refractivity contribution in [3.63, 3.8) is 0 Å². The minimum atomic E-state index is -0.614. The molecule has 2 aliphatic heterocycles. The Balaban J connectivity index is 1.67. The van der Waals surface area contributed by atoms with Crippen LogP contribution in [0, 0.1) is 5.82 Å². The summed E-state index contributed by atoms with van der Waals surface area (Å²) in [6.45, 7) is 3.84. The molecular weight excluding hydrogens is 329 g/mol. The molecule has 134 valence electrons. The summed E-state index contributed by atoms with van der Waals surface area (Å²) < 4.78 is 18.9. The number of carbonyl (C=O) groups is 3. The molecule has 0 saturated carbocycles. The molecular formula is C17H20FN3O4. The van der Waals surface area contributed by atoms with Crippen molar-refractivity contribution in [1.29, 1.82) is 0 Å². The van der Waals surface area contributed by atoms with Crippen LogP contribution < -0.4 is 4.90 Å². The summed E-state index contributed by atoms with van der Waals surface area (Å²) in [5.41, 5.74) is -0.00911. The molecule has 3 amide bonds. The van der Waals surface area contributed by atoms with E-state index in [0.29, 0.717) is 32.8 Å². The molecule has 0 N–H and O–H groups in total. The minimum absolute atomic E-state index is 0.00911. The first-order chi connectivity index (χ1) is 12.0. The van der Waals surface area contributed by atoms with Gasteiger partial charge in [0, 0.05) is 26.2 Å². The molecule has 0 aliphatic carbocycles. The van der Waals surface area contributed by atoms with E-state index in [1.165, 1.54) is 18.2 Å². The molecule has 0 aromatic heterocycles. The summed E-state index contributed by atoms with van der Waals surface area (Å²) in [7, 11) is 0. The summed E-state index contributed by atoms with van der Waals surface area (Å²) >= 11 is 0. The first-order valence-electron chi connectivity index (χ1n) is 8.30. The van der Waals surface area contributed by atoms with Crippen LogP contribution in [0.15, 0.2) is 24.3 Å². The van der Waals surface area contributed by atoms with Crippen molar-refractivity contribution in [3.8, 4) is 0 Å². The standard InChI is InChI=1S/C17H20FN3O4/c1-2-25-17(24)20-9-7-19(8-10-20)14-11-15(22)21(16(14)23)13-6-4-3-5-12(13)18/h3-6,14H,2,7-11H2,1H3/t14-/m0/s1. The van der Waals surface area contributed by atoms with Gasteiger partial charge >= 0.3 is 6.09 Å². The molecule has 8 heteroatoms. The lowest BCUT2D eigenvalue weighted by Crippen LogP contribution is -2.54. The molecule has 25 heavy (non-hydrogen) atoms. The van der Waals surface area contributed by atoms with Gasteiger partial charge in [-0.1, -0.05) is 12.1 Å². The maximum atomic E-state index is 14.0. The van der Waals surface area contributed by atoms with Crippen LogP contribution in [0.25, 0.3) is 0 Å². The third kappa shape index (κ3) is 3.34. The van der Waals surface area contributed by atoms with Gasteiger partial charge in [0.05, 0.1) is 24.8 Å². The highest BCUT2D eigenvalue weighted by atomic mass is 19.1.